The van der Waals surface area contributed by atoms with Gasteiger partial charge in [0.1, 0.15) is 11.4 Å². The molecule has 1 unspecified atom stereocenters. The number of furan rings is 1. The maximum atomic E-state index is 11.0. The highest BCUT2D eigenvalue weighted by molar-refractivity contribution is 6.27. The van der Waals surface area contributed by atoms with Crippen molar-refractivity contribution >= 4 is 11.9 Å². The normalized spacial score (nSPS) is 12.8. The summed E-state index contributed by atoms with van der Waals surface area (Å²) in [6.45, 7) is 0.810. The molecule has 0 saturated carbocycles. The van der Waals surface area contributed by atoms with Crippen LogP contribution < -0.4 is 0 Å². The fourth-order valence-corrected chi connectivity index (χ4v) is 2.18. The van der Waals surface area contributed by atoms with Gasteiger partial charge in [-0.1, -0.05) is 30.3 Å². The van der Waals surface area contributed by atoms with Crippen molar-refractivity contribution < 1.29 is 29.3 Å². The van der Waals surface area contributed by atoms with Crippen molar-refractivity contribution in [2.24, 2.45) is 0 Å². The molecule has 0 radical (unpaired) electrons. The molecule has 25 heavy (non-hydrogen) atoms. The van der Waals surface area contributed by atoms with Gasteiger partial charge in [0.05, 0.1) is 6.26 Å². The van der Waals surface area contributed by atoms with Gasteiger partial charge in [-0.2, -0.15) is 0 Å². The molecule has 136 valence electrons. The van der Waals surface area contributed by atoms with Gasteiger partial charge in [0.2, 0.25) is 0 Å². The number of carboxylic acid groups (broad SMARTS) is 2. The van der Waals surface area contributed by atoms with Gasteiger partial charge >= 0.3 is 11.9 Å². The highest BCUT2D eigenvalue weighted by Gasteiger charge is 2.32. The predicted molar refractivity (Wildman–Crippen MR) is 91.2 cm³/mol. The summed E-state index contributed by atoms with van der Waals surface area (Å²) in [4.78, 5) is 20.3. The predicted octanol–water partition coefficient (Wildman–Crippen LogP) is 1.82. The Hall–Kier alpha value is -2.64. The Bertz CT molecular complexity index is 641. The lowest BCUT2D eigenvalue weighted by Crippen LogP contribution is -2.32. The van der Waals surface area contributed by atoms with Crippen molar-refractivity contribution in [1.82, 2.24) is 4.90 Å². The summed E-state index contributed by atoms with van der Waals surface area (Å²) in [6, 6.07) is 13.7. The van der Waals surface area contributed by atoms with Crippen LogP contribution in [0.15, 0.2) is 53.1 Å². The van der Waals surface area contributed by atoms with Crippen LogP contribution in [0, 0.1) is 0 Å². The second-order valence-corrected chi connectivity index (χ2v) is 5.83. The van der Waals surface area contributed by atoms with Crippen molar-refractivity contribution in [3.05, 3.63) is 60.1 Å². The topological polar surface area (TPSA) is 111 Å². The summed E-state index contributed by atoms with van der Waals surface area (Å²) in [5.74, 6) is -3.01. The highest BCUT2D eigenvalue weighted by Crippen LogP contribution is 2.29. The zero-order valence-electron chi connectivity index (χ0n) is 14.3. The molecule has 0 fully saturated rings. The van der Waals surface area contributed by atoms with E-state index in [2.05, 4.69) is 4.90 Å². The summed E-state index contributed by atoms with van der Waals surface area (Å²) in [5, 5.41) is 25.7. The van der Waals surface area contributed by atoms with Crippen LogP contribution in [0.1, 0.15) is 17.7 Å². The number of hydrogen-bond acceptors (Lipinski definition) is 5. The second-order valence-electron chi connectivity index (χ2n) is 5.83. The lowest BCUT2D eigenvalue weighted by atomic mass is 9.88. The quantitative estimate of drug-likeness (QED) is 0.682. The minimum atomic E-state index is -1.82. The maximum absolute atomic E-state index is 11.0. The van der Waals surface area contributed by atoms with E-state index in [0.717, 1.165) is 12.1 Å². The van der Waals surface area contributed by atoms with E-state index in [0.29, 0.717) is 18.6 Å². The first-order chi connectivity index (χ1) is 11.7. The third-order valence-corrected chi connectivity index (χ3v) is 3.47. The molecule has 0 amide bonds. The summed E-state index contributed by atoms with van der Waals surface area (Å²) < 4.78 is 5.43. The maximum Gasteiger partial charge on any atom is 0.414 e. The van der Waals surface area contributed by atoms with Crippen molar-refractivity contribution in [1.29, 1.82) is 0 Å². The van der Waals surface area contributed by atoms with Crippen molar-refractivity contribution in [2.75, 3.05) is 20.6 Å². The molecule has 0 aliphatic carbocycles. The molecule has 7 nitrogen and oxygen atoms in total. The Morgan fingerprint density at radius 2 is 1.64 bits per heavy atom. The Morgan fingerprint density at radius 1 is 1.04 bits per heavy atom. The number of nitrogens with zero attached hydrogens (tertiary/aromatic N) is 1. The Kier molecular flexibility index (Phi) is 7.84. The summed E-state index contributed by atoms with van der Waals surface area (Å²) in [5.41, 5.74) is 0.162. The molecule has 7 heteroatoms. The second kappa shape index (κ2) is 9.61. The fourth-order valence-electron chi connectivity index (χ4n) is 2.18. The van der Waals surface area contributed by atoms with E-state index in [4.69, 9.17) is 24.2 Å². The van der Waals surface area contributed by atoms with Crippen molar-refractivity contribution in [3.8, 4) is 0 Å². The van der Waals surface area contributed by atoms with Crippen molar-refractivity contribution in [2.45, 2.75) is 18.4 Å². The summed E-state index contributed by atoms with van der Waals surface area (Å²) in [7, 11) is 4.01. The van der Waals surface area contributed by atoms with Gasteiger partial charge in [0.25, 0.3) is 0 Å². The third kappa shape index (κ3) is 7.19. The number of benzene rings is 1. The van der Waals surface area contributed by atoms with Crippen LogP contribution in [0.3, 0.4) is 0 Å². The molecule has 1 aromatic carbocycles. The smallest absolute Gasteiger partial charge is 0.414 e. The Labute approximate surface area is 146 Å². The molecule has 2 rings (SSSR count). The van der Waals surface area contributed by atoms with Crippen LogP contribution in [0.4, 0.5) is 0 Å². The molecule has 3 N–H and O–H groups in total. The van der Waals surface area contributed by atoms with Crippen LogP contribution in [0.5, 0.6) is 0 Å². The number of hydrogen-bond donors (Lipinski definition) is 3. The van der Waals surface area contributed by atoms with Gasteiger partial charge in [0.15, 0.2) is 0 Å². The SMILES string of the molecule is CN(C)CCC(O)(Cc1ccccc1)c1ccco1.O=C(O)C(=O)O. The Morgan fingerprint density at radius 3 is 2.08 bits per heavy atom. The van der Waals surface area contributed by atoms with Gasteiger partial charge in [0, 0.05) is 13.0 Å². The highest BCUT2D eigenvalue weighted by atomic mass is 16.4. The monoisotopic (exact) mass is 349 g/mol. The standard InChI is InChI=1S/C16H21NO2.C2H2O4/c1-17(2)11-10-16(18,15-9-6-12-19-15)13-14-7-4-3-5-8-14;3-1(4)2(5)6/h3-9,12,18H,10-11,13H2,1-2H3;(H,3,4)(H,5,6). The zero-order chi connectivity index (χ0) is 18.9. The van der Waals surface area contributed by atoms with Crippen LogP contribution in [-0.2, 0) is 21.6 Å². The lowest BCUT2D eigenvalue weighted by molar-refractivity contribution is -0.159. The molecule has 0 spiro atoms. The van der Waals surface area contributed by atoms with Crippen LogP contribution >= 0.6 is 0 Å². The average molecular weight is 349 g/mol. The fraction of sp³-hybridized carbons (Fsp3) is 0.333. The van der Waals surface area contributed by atoms with Gasteiger partial charge in [-0.15, -0.1) is 0 Å². The molecular formula is C18H23NO6. The average Bonchev–Trinajstić information content (AvgIpc) is 3.10. The zero-order valence-corrected chi connectivity index (χ0v) is 14.3. The molecule has 1 heterocycles. The van der Waals surface area contributed by atoms with E-state index in [-0.39, 0.29) is 0 Å². The van der Waals surface area contributed by atoms with Crippen LogP contribution in [0.2, 0.25) is 0 Å². The number of carboxylic acids is 2. The first-order valence-electron chi connectivity index (χ1n) is 7.66. The number of carbonyl (C=O) groups is 2. The summed E-state index contributed by atoms with van der Waals surface area (Å²) >= 11 is 0. The molecule has 0 saturated heterocycles. The van der Waals surface area contributed by atoms with Gasteiger partial charge in [-0.3, -0.25) is 0 Å². The molecule has 1 atom stereocenters. The number of aliphatic hydroxyl groups is 1. The summed E-state index contributed by atoms with van der Waals surface area (Å²) in [6.07, 6.45) is 2.82. The van der Waals surface area contributed by atoms with E-state index in [1.54, 1.807) is 6.26 Å². The number of rotatable bonds is 6. The molecular weight excluding hydrogens is 326 g/mol. The van der Waals surface area contributed by atoms with Gasteiger partial charge < -0.3 is 24.6 Å². The molecule has 0 aliphatic heterocycles. The van der Waals surface area contributed by atoms with Crippen molar-refractivity contribution in [3.63, 3.8) is 0 Å². The van der Waals surface area contributed by atoms with Gasteiger partial charge in [-0.05, 0) is 38.2 Å². The molecule has 2 aromatic rings. The minimum Gasteiger partial charge on any atom is -0.473 e. The molecule has 0 aliphatic rings. The van der Waals surface area contributed by atoms with Gasteiger partial charge in [-0.25, -0.2) is 9.59 Å². The number of aliphatic carboxylic acids is 2. The molecule has 0 bridgehead atoms. The van der Waals surface area contributed by atoms with E-state index in [1.807, 2.05) is 56.6 Å². The first-order valence-corrected chi connectivity index (χ1v) is 7.66. The third-order valence-electron chi connectivity index (χ3n) is 3.47. The minimum absolute atomic E-state index is 0.565. The van der Waals surface area contributed by atoms with Crippen LogP contribution in [0.25, 0.3) is 0 Å². The first kappa shape index (κ1) is 20.4. The van der Waals surface area contributed by atoms with E-state index in [9.17, 15) is 5.11 Å². The molecule has 1 aromatic heterocycles. The lowest BCUT2D eigenvalue weighted by Gasteiger charge is -2.27. The van der Waals surface area contributed by atoms with E-state index < -0.39 is 17.5 Å². The largest absolute Gasteiger partial charge is 0.473 e. The van der Waals surface area contributed by atoms with E-state index in [1.165, 1.54) is 0 Å². The van der Waals surface area contributed by atoms with Crippen LogP contribution in [-0.4, -0.2) is 52.8 Å². The van der Waals surface area contributed by atoms with E-state index >= 15 is 0 Å². The Balaban J connectivity index is 0.000000450.